The van der Waals surface area contributed by atoms with Crippen molar-refractivity contribution in [3.8, 4) is 11.4 Å². The smallest absolute Gasteiger partial charge is 0.257 e. The van der Waals surface area contributed by atoms with Crippen LogP contribution in [0.5, 0.6) is 5.75 Å². The maximum atomic E-state index is 13.0. The molecule has 0 aliphatic carbocycles. The highest BCUT2D eigenvalue weighted by molar-refractivity contribution is 5.97. The standard InChI is InChI=1S/C24H28N4O2/c1-19(2)30-23-11-7-6-10-22(23)24(29)27-14-12-26(13-15-27)17-20-16-25-28(18-20)21-8-4-3-5-9-21/h3-11,16,18-19H,12-15,17H2,1-2H3. The first-order chi connectivity index (χ1) is 14.6. The minimum absolute atomic E-state index is 0.0348. The Bertz CT molecular complexity index is 976. The predicted molar refractivity (Wildman–Crippen MR) is 117 cm³/mol. The topological polar surface area (TPSA) is 50.6 Å². The summed E-state index contributed by atoms with van der Waals surface area (Å²) >= 11 is 0. The summed E-state index contributed by atoms with van der Waals surface area (Å²) in [5.41, 5.74) is 2.87. The molecule has 1 fully saturated rings. The van der Waals surface area contributed by atoms with E-state index in [9.17, 15) is 4.79 Å². The van der Waals surface area contributed by atoms with Crippen molar-refractivity contribution in [3.05, 3.63) is 78.1 Å². The quantitative estimate of drug-likeness (QED) is 0.630. The van der Waals surface area contributed by atoms with Crippen molar-refractivity contribution >= 4 is 5.91 Å². The van der Waals surface area contributed by atoms with Gasteiger partial charge in [-0.05, 0) is 38.1 Å². The molecular formula is C24H28N4O2. The predicted octanol–water partition coefficient (Wildman–Crippen LogP) is 3.62. The van der Waals surface area contributed by atoms with Crippen LogP contribution in [0.25, 0.3) is 5.69 Å². The summed E-state index contributed by atoms with van der Waals surface area (Å²) in [6.45, 7) is 7.89. The third-order valence-corrected chi connectivity index (χ3v) is 5.20. The Balaban J connectivity index is 1.35. The molecule has 0 spiro atoms. The van der Waals surface area contributed by atoms with E-state index in [-0.39, 0.29) is 12.0 Å². The molecule has 0 radical (unpaired) electrons. The SMILES string of the molecule is CC(C)Oc1ccccc1C(=O)N1CCN(Cc2cnn(-c3ccccc3)c2)CC1. The maximum absolute atomic E-state index is 13.0. The number of para-hydroxylation sites is 2. The van der Waals surface area contributed by atoms with Crippen LogP contribution in [0.15, 0.2) is 67.0 Å². The van der Waals surface area contributed by atoms with Crippen molar-refractivity contribution in [2.24, 2.45) is 0 Å². The van der Waals surface area contributed by atoms with Crippen LogP contribution in [0.4, 0.5) is 0 Å². The van der Waals surface area contributed by atoms with E-state index in [2.05, 4.69) is 16.2 Å². The minimum atomic E-state index is 0.0348. The number of aromatic nitrogens is 2. The van der Waals surface area contributed by atoms with Gasteiger partial charge in [-0.25, -0.2) is 4.68 Å². The van der Waals surface area contributed by atoms with Crippen molar-refractivity contribution in [2.45, 2.75) is 26.5 Å². The summed E-state index contributed by atoms with van der Waals surface area (Å²) in [6.07, 6.45) is 4.03. The molecule has 1 saturated heterocycles. The van der Waals surface area contributed by atoms with Crippen LogP contribution in [0, 0.1) is 0 Å². The average molecular weight is 405 g/mol. The van der Waals surface area contributed by atoms with Crippen molar-refractivity contribution in [1.82, 2.24) is 19.6 Å². The summed E-state index contributed by atoms with van der Waals surface area (Å²) < 4.78 is 7.73. The van der Waals surface area contributed by atoms with Gasteiger partial charge in [0.05, 0.1) is 23.6 Å². The zero-order chi connectivity index (χ0) is 20.9. The van der Waals surface area contributed by atoms with Crippen LogP contribution in [-0.2, 0) is 6.54 Å². The van der Waals surface area contributed by atoms with E-state index in [0.717, 1.165) is 25.3 Å². The first-order valence-corrected chi connectivity index (χ1v) is 10.5. The number of piperazine rings is 1. The van der Waals surface area contributed by atoms with Crippen molar-refractivity contribution in [1.29, 1.82) is 0 Å². The van der Waals surface area contributed by atoms with Gasteiger partial charge in [-0.2, -0.15) is 5.10 Å². The molecule has 4 rings (SSSR count). The molecule has 30 heavy (non-hydrogen) atoms. The van der Waals surface area contributed by atoms with Gasteiger partial charge >= 0.3 is 0 Å². The lowest BCUT2D eigenvalue weighted by molar-refractivity contribution is 0.0623. The lowest BCUT2D eigenvalue weighted by Gasteiger charge is -2.34. The molecule has 2 heterocycles. The van der Waals surface area contributed by atoms with E-state index < -0.39 is 0 Å². The number of amides is 1. The van der Waals surface area contributed by atoms with Gasteiger partial charge < -0.3 is 9.64 Å². The van der Waals surface area contributed by atoms with E-state index in [4.69, 9.17) is 4.74 Å². The van der Waals surface area contributed by atoms with Crippen molar-refractivity contribution in [3.63, 3.8) is 0 Å². The van der Waals surface area contributed by atoms with Crippen molar-refractivity contribution in [2.75, 3.05) is 26.2 Å². The lowest BCUT2D eigenvalue weighted by atomic mass is 10.1. The second-order valence-corrected chi connectivity index (χ2v) is 7.86. The van der Waals surface area contributed by atoms with Gasteiger partial charge in [0.25, 0.3) is 5.91 Å². The monoisotopic (exact) mass is 404 g/mol. The number of carbonyl (C=O) groups excluding carboxylic acids is 1. The first-order valence-electron chi connectivity index (χ1n) is 10.5. The normalized spacial score (nSPS) is 14.8. The zero-order valence-corrected chi connectivity index (χ0v) is 17.6. The van der Waals surface area contributed by atoms with E-state index in [0.29, 0.717) is 24.4 Å². The fourth-order valence-corrected chi connectivity index (χ4v) is 3.70. The van der Waals surface area contributed by atoms with Gasteiger partial charge in [-0.3, -0.25) is 9.69 Å². The Morgan fingerprint density at radius 1 is 1.00 bits per heavy atom. The van der Waals surface area contributed by atoms with E-state index in [1.807, 2.05) is 84.2 Å². The summed E-state index contributed by atoms with van der Waals surface area (Å²) in [6, 6.07) is 17.6. The number of rotatable bonds is 6. The van der Waals surface area contributed by atoms with Gasteiger partial charge in [0, 0.05) is 44.5 Å². The van der Waals surface area contributed by atoms with Gasteiger partial charge in [-0.15, -0.1) is 0 Å². The second-order valence-electron chi connectivity index (χ2n) is 7.86. The third kappa shape index (κ3) is 4.71. The summed E-state index contributed by atoms with van der Waals surface area (Å²) in [7, 11) is 0. The highest BCUT2D eigenvalue weighted by Crippen LogP contribution is 2.22. The van der Waals surface area contributed by atoms with Gasteiger partial charge in [0.2, 0.25) is 0 Å². The van der Waals surface area contributed by atoms with Crippen LogP contribution in [0.1, 0.15) is 29.8 Å². The number of nitrogens with zero attached hydrogens (tertiary/aromatic N) is 4. The summed E-state index contributed by atoms with van der Waals surface area (Å²) in [5.74, 6) is 0.705. The second kappa shape index (κ2) is 9.13. The van der Waals surface area contributed by atoms with Crippen LogP contribution >= 0.6 is 0 Å². The van der Waals surface area contributed by atoms with Crippen molar-refractivity contribution < 1.29 is 9.53 Å². The molecule has 0 N–H and O–H groups in total. The molecule has 0 saturated carbocycles. The number of hydrogen-bond acceptors (Lipinski definition) is 4. The van der Waals surface area contributed by atoms with E-state index in [1.165, 1.54) is 5.56 Å². The molecule has 1 aliphatic rings. The van der Waals surface area contributed by atoms with Crippen LogP contribution in [0.2, 0.25) is 0 Å². The molecule has 0 atom stereocenters. The maximum Gasteiger partial charge on any atom is 0.257 e. The molecule has 156 valence electrons. The molecule has 3 aromatic rings. The van der Waals surface area contributed by atoms with E-state index in [1.54, 1.807) is 0 Å². The molecule has 2 aromatic carbocycles. The molecule has 0 unspecified atom stereocenters. The Kier molecular flexibility index (Phi) is 6.14. The van der Waals surface area contributed by atoms with Crippen LogP contribution in [-0.4, -0.2) is 57.8 Å². The number of ether oxygens (including phenoxy) is 1. The molecule has 1 amide bonds. The third-order valence-electron chi connectivity index (χ3n) is 5.20. The Morgan fingerprint density at radius 3 is 2.43 bits per heavy atom. The van der Waals surface area contributed by atoms with Gasteiger partial charge in [0.15, 0.2) is 0 Å². The Morgan fingerprint density at radius 2 is 1.70 bits per heavy atom. The van der Waals surface area contributed by atoms with Crippen LogP contribution in [0.3, 0.4) is 0 Å². The molecule has 1 aliphatic heterocycles. The Hall–Kier alpha value is -3.12. The number of benzene rings is 2. The average Bonchev–Trinajstić information content (AvgIpc) is 3.23. The molecule has 6 nitrogen and oxygen atoms in total. The minimum Gasteiger partial charge on any atom is -0.490 e. The molecular weight excluding hydrogens is 376 g/mol. The highest BCUT2D eigenvalue weighted by Gasteiger charge is 2.24. The zero-order valence-electron chi connectivity index (χ0n) is 17.6. The highest BCUT2D eigenvalue weighted by atomic mass is 16.5. The molecule has 1 aromatic heterocycles. The molecule has 0 bridgehead atoms. The van der Waals surface area contributed by atoms with Crippen LogP contribution < -0.4 is 4.74 Å². The summed E-state index contributed by atoms with van der Waals surface area (Å²) in [5, 5.41) is 4.48. The lowest BCUT2D eigenvalue weighted by Crippen LogP contribution is -2.48. The fraction of sp³-hybridized carbons (Fsp3) is 0.333. The molecule has 6 heteroatoms. The number of carbonyl (C=O) groups is 1. The largest absolute Gasteiger partial charge is 0.490 e. The van der Waals surface area contributed by atoms with Gasteiger partial charge in [-0.1, -0.05) is 30.3 Å². The number of hydrogen-bond donors (Lipinski definition) is 0. The van der Waals surface area contributed by atoms with Gasteiger partial charge in [0.1, 0.15) is 5.75 Å². The summed E-state index contributed by atoms with van der Waals surface area (Å²) in [4.78, 5) is 17.3. The fourth-order valence-electron chi connectivity index (χ4n) is 3.70. The first kappa shape index (κ1) is 20.2. The van der Waals surface area contributed by atoms with E-state index >= 15 is 0 Å². The Labute approximate surface area is 177 Å².